The SMILES string of the molecule is Nc1cccc(O)c1NC(=O)C[n+]1ccccc1.[Cl-]. The highest BCUT2D eigenvalue weighted by molar-refractivity contribution is 5.95. The third-order valence-electron chi connectivity index (χ3n) is 2.44. The highest BCUT2D eigenvalue weighted by Crippen LogP contribution is 2.28. The standard InChI is InChI=1S/C13H13N3O2.ClH/c14-10-5-4-6-11(17)13(10)15-12(18)9-16-7-2-1-3-8-16;/h1-8H,9,14H2,(H-,15,17,18);1H. The Hall–Kier alpha value is -2.27. The van der Waals surface area contributed by atoms with E-state index in [4.69, 9.17) is 5.73 Å². The van der Waals surface area contributed by atoms with Crippen molar-refractivity contribution in [3.05, 3.63) is 48.8 Å². The van der Waals surface area contributed by atoms with Gasteiger partial charge in [-0.3, -0.25) is 4.79 Å². The maximum atomic E-state index is 11.8. The molecule has 100 valence electrons. The van der Waals surface area contributed by atoms with E-state index >= 15 is 0 Å². The number of pyridine rings is 1. The maximum Gasteiger partial charge on any atom is 0.290 e. The molecular weight excluding hydrogens is 266 g/mol. The van der Waals surface area contributed by atoms with E-state index in [0.717, 1.165) is 0 Å². The van der Waals surface area contributed by atoms with Gasteiger partial charge in [0.25, 0.3) is 5.91 Å². The van der Waals surface area contributed by atoms with Gasteiger partial charge in [-0.15, -0.1) is 0 Å². The molecule has 0 radical (unpaired) electrons. The summed E-state index contributed by atoms with van der Waals surface area (Å²) in [6.07, 6.45) is 3.57. The van der Waals surface area contributed by atoms with E-state index in [0.29, 0.717) is 5.69 Å². The number of phenols is 1. The van der Waals surface area contributed by atoms with Crippen LogP contribution in [0, 0.1) is 0 Å². The number of nitrogens with zero attached hydrogens (tertiary/aromatic N) is 1. The summed E-state index contributed by atoms with van der Waals surface area (Å²) >= 11 is 0. The zero-order valence-corrected chi connectivity index (χ0v) is 10.8. The second kappa shape index (κ2) is 6.61. The minimum absolute atomic E-state index is 0. The quantitative estimate of drug-likeness (QED) is 0.342. The van der Waals surface area contributed by atoms with Crippen molar-refractivity contribution in [3.63, 3.8) is 0 Å². The molecule has 0 aliphatic heterocycles. The lowest BCUT2D eigenvalue weighted by Crippen LogP contribution is -3.00. The first kappa shape index (κ1) is 14.8. The van der Waals surface area contributed by atoms with Crippen molar-refractivity contribution in [1.29, 1.82) is 0 Å². The lowest BCUT2D eigenvalue weighted by Gasteiger charge is -2.08. The number of phenolic OH excluding ortho intramolecular Hbond substituents is 1. The maximum absolute atomic E-state index is 11.8. The van der Waals surface area contributed by atoms with Crippen LogP contribution in [0.3, 0.4) is 0 Å². The van der Waals surface area contributed by atoms with Gasteiger partial charge in [0, 0.05) is 12.1 Å². The van der Waals surface area contributed by atoms with Gasteiger partial charge in [0.15, 0.2) is 12.4 Å². The topological polar surface area (TPSA) is 79.2 Å². The molecule has 5 nitrogen and oxygen atoms in total. The van der Waals surface area contributed by atoms with Gasteiger partial charge in [0.2, 0.25) is 6.54 Å². The smallest absolute Gasteiger partial charge is 0.290 e. The average Bonchev–Trinajstić information content (AvgIpc) is 2.35. The van der Waals surface area contributed by atoms with E-state index in [9.17, 15) is 9.90 Å². The van der Waals surface area contributed by atoms with E-state index in [2.05, 4.69) is 5.32 Å². The number of nitrogen functional groups attached to an aromatic ring is 1. The van der Waals surface area contributed by atoms with Gasteiger partial charge < -0.3 is 28.6 Å². The molecule has 0 fully saturated rings. The number of aromatic nitrogens is 1. The van der Waals surface area contributed by atoms with E-state index < -0.39 is 0 Å². The van der Waals surface area contributed by atoms with Gasteiger partial charge in [-0.2, -0.15) is 4.57 Å². The molecule has 0 saturated heterocycles. The number of amides is 1. The second-order valence-corrected chi connectivity index (χ2v) is 3.84. The number of para-hydroxylation sites is 1. The van der Waals surface area contributed by atoms with Gasteiger partial charge in [-0.25, -0.2) is 0 Å². The Balaban J connectivity index is 0.00000180. The van der Waals surface area contributed by atoms with Gasteiger partial charge in [-0.05, 0) is 12.1 Å². The van der Waals surface area contributed by atoms with E-state index in [1.165, 1.54) is 6.07 Å². The van der Waals surface area contributed by atoms with Gasteiger partial charge >= 0.3 is 0 Å². The normalized spacial score (nSPS) is 9.47. The predicted molar refractivity (Wildman–Crippen MR) is 67.8 cm³/mol. The highest BCUT2D eigenvalue weighted by atomic mass is 35.5. The Morgan fingerprint density at radius 3 is 2.53 bits per heavy atom. The first-order valence-electron chi connectivity index (χ1n) is 5.48. The molecule has 0 aliphatic carbocycles. The minimum atomic E-state index is -0.251. The molecule has 0 saturated carbocycles. The molecule has 19 heavy (non-hydrogen) atoms. The van der Waals surface area contributed by atoms with Crippen LogP contribution in [-0.2, 0) is 11.3 Å². The van der Waals surface area contributed by atoms with Gasteiger partial charge in [0.05, 0.1) is 5.69 Å². The van der Waals surface area contributed by atoms with Crippen LogP contribution < -0.4 is 28.0 Å². The number of anilines is 2. The van der Waals surface area contributed by atoms with Crippen LogP contribution in [0.5, 0.6) is 5.75 Å². The number of hydrogen-bond acceptors (Lipinski definition) is 3. The molecule has 0 unspecified atom stereocenters. The monoisotopic (exact) mass is 279 g/mol. The summed E-state index contributed by atoms with van der Waals surface area (Å²) < 4.78 is 1.73. The molecule has 4 N–H and O–H groups in total. The number of halogens is 1. The molecule has 1 amide bonds. The largest absolute Gasteiger partial charge is 1.00 e. The molecule has 2 rings (SSSR count). The first-order chi connectivity index (χ1) is 8.66. The summed E-state index contributed by atoms with van der Waals surface area (Å²) in [6.45, 7) is 0.161. The minimum Gasteiger partial charge on any atom is -1.00 e. The predicted octanol–water partition coefficient (Wildman–Crippen LogP) is -2.10. The van der Waals surface area contributed by atoms with Crippen LogP contribution in [0.15, 0.2) is 48.8 Å². The summed E-state index contributed by atoms with van der Waals surface area (Å²) in [4.78, 5) is 11.8. The summed E-state index contributed by atoms with van der Waals surface area (Å²) in [6, 6.07) is 10.2. The van der Waals surface area contributed by atoms with Crippen molar-refractivity contribution in [1.82, 2.24) is 0 Å². The molecule has 2 aromatic rings. The molecule has 0 aliphatic rings. The lowest BCUT2D eigenvalue weighted by atomic mass is 10.2. The van der Waals surface area contributed by atoms with Crippen molar-refractivity contribution < 1.29 is 26.9 Å². The Kier molecular flexibility index (Phi) is 5.14. The highest BCUT2D eigenvalue weighted by Gasteiger charge is 2.12. The Morgan fingerprint density at radius 1 is 1.21 bits per heavy atom. The summed E-state index contributed by atoms with van der Waals surface area (Å²) in [7, 11) is 0. The number of carbonyl (C=O) groups is 1. The number of hydrogen-bond donors (Lipinski definition) is 3. The Labute approximate surface area is 117 Å². The fraction of sp³-hybridized carbons (Fsp3) is 0.0769. The second-order valence-electron chi connectivity index (χ2n) is 3.84. The summed E-state index contributed by atoms with van der Waals surface area (Å²) in [5.41, 5.74) is 6.27. The van der Waals surface area contributed by atoms with Crippen molar-refractivity contribution in [2.45, 2.75) is 6.54 Å². The van der Waals surface area contributed by atoms with E-state index in [1.807, 2.05) is 18.2 Å². The molecule has 1 aromatic carbocycles. The number of benzene rings is 1. The lowest BCUT2D eigenvalue weighted by molar-refractivity contribution is -0.684. The van der Waals surface area contributed by atoms with Crippen LogP contribution in [0.1, 0.15) is 0 Å². The van der Waals surface area contributed by atoms with Crippen LogP contribution in [0.2, 0.25) is 0 Å². The number of carbonyl (C=O) groups excluding carboxylic acids is 1. The Morgan fingerprint density at radius 2 is 1.89 bits per heavy atom. The summed E-state index contributed by atoms with van der Waals surface area (Å²) in [5.74, 6) is -0.291. The average molecular weight is 280 g/mol. The van der Waals surface area contributed by atoms with Crippen molar-refractivity contribution in [2.75, 3.05) is 11.1 Å². The summed E-state index contributed by atoms with van der Waals surface area (Å²) in [5, 5.41) is 12.2. The molecule has 1 aromatic heterocycles. The van der Waals surface area contributed by atoms with Crippen LogP contribution in [0.4, 0.5) is 11.4 Å². The fourth-order valence-corrected chi connectivity index (χ4v) is 1.58. The number of nitrogens with one attached hydrogen (secondary N) is 1. The van der Waals surface area contributed by atoms with Crippen molar-refractivity contribution in [3.8, 4) is 5.75 Å². The molecule has 6 heteroatoms. The number of aromatic hydroxyl groups is 1. The molecule has 0 spiro atoms. The zero-order chi connectivity index (χ0) is 13.0. The van der Waals surface area contributed by atoms with E-state index in [-0.39, 0.29) is 36.3 Å². The van der Waals surface area contributed by atoms with Crippen LogP contribution in [0.25, 0.3) is 0 Å². The number of rotatable bonds is 3. The van der Waals surface area contributed by atoms with E-state index in [1.54, 1.807) is 29.1 Å². The van der Waals surface area contributed by atoms with Gasteiger partial charge in [-0.1, -0.05) is 12.1 Å². The first-order valence-corrected chi connectivity index (χ1v) is 5.48. The zero-order valence-electron chi connectivity index (χ0n) is 10.1. The molecule has 1 heterocycles. The fourth-order valence-electron chi connectivity index (χ4n) is 1.58. The molecule has 0 bridgehead atoms. The third kappa shape index (κ3) is 3.86. The van der Waals surface area contributed by atoms with Crippen LogP contribution >= 0.6 is 0 Å². The molecular formula is C13H14ClN3O2. The third-order valence-corrected chi connectivity index (χ3v) is 2.44. The molecule has 0 atom stereocenters. The van der Waals surface area contributed by atoms with Crippen molar-refractivity contribution >= 4 is 17.3 Å². The van der Waals surface area contributed by atoms with Crippen molar-refractivity contribution in [2.24, 2.45) is 0 Å². The van der Waals surface area contributed by atoms with Crippen LogP contribution in [-0.4, -0.2) is 11.0 Å². The number of nitrogens with two attached hydrogens (primary N) is 1. The Bertz CT molecular complexity index is 541. The van der Waals surface area contributed by atoms with Gasteiger partial charge in [0.1, 0.15) is 11.4 Å².